The van der Waals surface area contributed by atoms with Crippen LogP contribution in [0.1, 0.15) is 20.8 Å². The van der Waals surface area contributed by atoms with Crippen molar-refractivity contribution in [3.8, 4) is 5.75 Å². The smallest absolute Gasteiger partial charge is 0.275 e. The number of likely N-dealkylation sites (N-methyl/N-ethyl adjacent to an activating group) is 1. The minimum atomic E-state index is -0.175. The van der Waals surface area contributed by atoms with Crippen molar-refractivity contribution in [2.24, 2.45) is 0 Å². The van der Waals surface area contributed by atoms with E-state index in [0.717, 1.165) is 21.7 Å². The van der Waals surface area contributed by atoms with Crippen LogP contribution in [0.2, 0.25) is 0 Å². The van der Waals surface area contributed by atoms with Crippen LogP contribution in [0.5, 0.6) is 5.75 Å². The van der Waals surface area contributed by atoms with Crippen LogP contribution < -0.4 is 15.0 Å². The highest BCUT2D eigenvalue weighted by molar-refractivity contribution is 9.10. The maximum atomic E-state index is 11.8. The molecule has 1 aromatic rings. The maximum absolute atomic E-state index is 11.8. The topological polar surface area (TPSA) is 42.8 Å². The lowest BCUT2D eigenvalue weighted by molar-refractivity contribution is -0.871. The van der Waals surface area contributed by atoms with E-state index in [1.165, 1.54) is 0 Å². The van der Waals surface area contributed by atoms with E-state index >= 15 is 0 Å². The van der Waals surface area contributed by atoms with Crippen molar-refractivity contribution in [1.82, 2.24) is 5.32 Å². The van der Waals surface area contributed by atoms with Crippen LogP contribution in [0, 0.1) is 0 Å². The van der Waals surface area contributed by atoms with Crippen LogP contribution in [0.3, 0.4) is 0 Å². The van der Waals surface area contributed by atoms with Crippen molar-refractivity contribution in [2.45, 2.75) is 26.3 Å². The van der Waals surface area contributed by atoms with E-state index in [9.17, 15) is 4.79 Å². The molecule has 1 atom stereocenters. The Morgan fingerprint density at radius 1 is 1.30 bits per heavy atom. The largest absolute Gasteiger partial charge is 0.488 e. The van der Waals surface area contributed by atoms with Gasteiger partial charge in [-0.3, -0.25) is 4.79 Å². The Morgan fingerprint density at radius 2 is 1.90 bits per heavy atom. The number of rotatable bonds is 6. The lowest BCUT2D eigenvalue weighted by Crippen LogP contribution is -3.11. The van der Waals surface area contributed by atoms with Crippen LogP contribution >= 0.6 is 15.9 Å². The number of carbonyl (C=O) groups is 1. The Bertz CT molecular complexity index is 426. The molecule has 2 N–H and O–H groups in total. The number of amides is 1. The van der Waals surface area contributed by atoms with Gasteiger partial charge in [-0.25, -0.2) is 0 Å². The van der Waals surface area contributed by atoms with Crippen molar-refractivity contribution >= 4 is 21.8 Å². The summed E-state index contributed by atoms with van der Waals surface area (Å²) in [6.07, 6.45) is 0. The number of hydrogen-bond donors (Lipinski definition) is 2. The van der Waals surface area contributed by atoms with Gasteiger partial charge in [0.2, 0.25) is 0 Å². The fourth-order valence-electron chi connectivity index (χ4n) is 1.70. The number of halogens is 1. The zero-order valence-electron chi connectivity index (χ0n) is 12.6. The Labute approximate surface area is 129 Å². The van der Waals surface area contributed by atoms with Crippen molar-refractivity contribution < 1.29 is 14.4 Å². The molecule has 1 rings (SSSR count). The SMILES string of the molecule is C[NH+](CCOc1ccc(Br)cc1)CC(=O)NC(C)(C)C. The first kappa shape index (κ1) is 17.0. The maximum Gasteiger partial charge on any atom is 0.275 e. The highest BCUT2D eigenvalue weighted by Crippen LogP contribution is 2.15. The molecule has 0 aromatic heterocycles. The van der Waals surface area contributed by atoms with Gasteiger partial charge in [-0.1, -0.05) is 15.9 Å². The lowest BCUT2D eigenvalue weighted by atomic mass is 10.1. The third-order valence-electron chi connectivity index (χ3n) is 2.59. The van der Waals surface area contributed by atoms with E-state index in [4.69, 9.17) is 4.74 Å². The van der Waals surface area contributed by atoms with Crippen LogP contribution in [0.4, 0.5) is 0 Å². The fourth-order valence-corrected chi connectivity index (χ4v) is 1.96. The third-order valence-corrected chi connectivity index (χ3v) is 3.12. The second kappa shape index (κ2) is 7.64. The number of ether oxygens (including phenoxy) is 1. The van der Waals surface area contributed by atoms with Crippen LogP contribution in [-0.2, 0) is 4.79 Å². The van der Waals surface area contributed by atoms with Crippen molar-refractivity contribution in [3.63, 3.8) is 0 Å². The Morgan fingerprint density at radius 3 is 2.45 bits per heavy atom. The van der Waals surface area contributed by atoms with Gasteiger partial charge in [0.25, 0.3) is 5.91 Å². The van der Waals surface area contributed by atoms with Gasteiger partial charge in [0.15, 0.2) is 6.54 Å². The standard InChI is InChI=1S/C15H23BrN2O2/c1-15(2,3)17-14(19)11-18(4)9-10-20-13-7-5-12(16)6-8-13/h5-8H,9-11H2,1-4H3,(H,17,19)/p+1. The van der Waals surface area contributed by atoms with Gasteiger partial charge in [-0.05, 0) is 45.0 Å². The first-order valence-corrected chi connectivity index (χ1v) is 7.56. The predicted octanol–water partition coefficient (Wildman–Crippen LogP) is 1.26. The van der Waals surface area contributed by atoms with E-state index in [2.05, 4.69) is 21.2 Å². The first-order valence-electron chi connectivity index (χ1n) is 6.77. The molecule has 0 fully saturated rings. The molecule has 0 spiro atoms. The molecule has 5 heteroatoms. The van der Waals surface area contributed by atoms with Gasteiger partial charge in [0, 0.05) is 10.0 Å². The number of quaternary nitrogens is 1. The van der Waals surface area contributed by atoms with E-state index in [0.29, 0.717) is 13.2 Å². The highest BCUT2D eigenvalue weighted by Gasteiger charge is 2.16. The summed E-state index contributed by atoms with van der Waals surface area (Å²) in [5.41, 5.74) is -0.175. The molecule has 0 heterocycles. The molecule has 20 heavy (non-hydrogen) atoms. The van der Waals surface area contributed by atoms with Gasteiger partial charge >= 0.3 is 0 Å². The number of nitrogens with one attached hydrogen (secondary N) is 2. The monoisotopic (exact) mass is 343 g/mol. The number of carbonyl (C=O) groups excluding carboxylic acids is 1. The van der Waals surface area contributed by atoms with Crippen LogP contribution in [0.25, 0.3) is 0 Å². The molecule has 4 nitrogen and oxygen atoms in total. The molecule has 0 aliphatic carbocycles. The minimum Gasteiger partial charge on any atom is -0.488 e. The highest BCUT2D eigenvalue weighted by atomic mass is 79.9. The van der Waals surface area contributed by atoms with Crippen molar-refractivity contribution in [3.05, 3.63) is 28.7 Å². The van der Waals surface area contributed by atoms with Gasteiger partial charge in [-0.2, -0.15) is 0 Å². The van der Waals surface area contributed by atoms with Gasteiger partial charge in [0.05, 0.1) is 7.05 Å². The molecule has 0 bridgehead atoms. The zero-order chi connectivity index (χ0) is 15.2. The Balaban J connectivity index is 2.24. The molecule has 1 unspecified atom stereocenters. The molecule has 0 radical (unpaired) electrons. The summed E-state index contributed by atoms with van der Waals surface area (Å²) in [7, 11) is 1.99. The summed E-state index contributed by atoms with van der Waals surface area (Å²) >= 11 is 3.38. The van der Waals surface area contributed by atoms with Crippen LogP contribution in [0.15, 0.2) is 28.7 Å². The molecule has 0 saturated heterocycles. The molecule has 1 aromatic carbocycles. The number of hydrogen-bond acceptors (Lipinski definition) is 2. The van der Waals surface area contributed by atoms with E-state index in [-0.39, 0.29) is 11.4 Å². The predicted molar refractivity (Wildman–Crippen MR) is 84.2 cm³/mol. The lowest BCUT2D eigenvalue weighted by Gasteiger charge is -2.22. The van der Waals surface area contributed by atoms with Gasteiger partial charge in [-0.15, -0.1) is 0 Å². The molecule has 0 aliphatic rings. The average molecular weight is 344 g/mol. The van der Waals surface area contributed by atoms with E-state index < -0.39 is 0 Å². The normalized spacial score (nSPS) is 12.8. The molecule has 0 aliphatic heterocycles. The van der Waals surface area contributed by atoms with Gasteiger partial charge < -0.3 is 15.0 Å². The Kier molecular flexibility index (Phi) is 6.49. The first-order chi connectivity index (χ1) is 9.26. The van der Waals surface area contributed by atoms with E-state index in [1.807, 2.05) is 52.1 Å². The summed E-state index contributed by atoms with van der Waals surface area (Å²) in [6.45, 7) is 7.79. The molecular formula is C15H24BrN2O2+. The molecule has 112 valence electrons. The quantitative estimate of drug-likeness (QED) is 0.816. The third kappa shape index (κ3) is 7.50. The van der Waals surface area contributed by atoms with Gasteiger partial charge in [0.1, 0.15) is 18.9 Å². The second-order valence-corrected chi connectivity index (χ2v) is 6.90. The second-order valence-electron chi connectivity index (χ2n) is 5.98. The van der Waals surface area contributed by atoms with Crippen LogP contribution in [-0.4, -0.2) is 38.2 Å². The minimum absolute atomic E-state index is 0.0682. The molecular weight excluding hydrogens is 320 g/mol. The zero-order valence-corrected chi connectivity index (χ0v) is 14.2. The average Bonchev–Trinajstić information content (AvgIpc) is 2.29. The van der Waals surface area contributed by atoms with Crippen molar-refractivity contribution in [2.75, 3.05) is 26.7 Å². The summed E-state index contributed by atoms with van der Waals surface area (Å²) in [6, 6.07) is 7.74. The summed E-state index contributed by atoms with van der Waals surface area (Å²) in [5, 5.41) is 2.96. The summed E-state index contributed by atoms with van der Waals surface area (Å²) in [4.78, 5) is 12.9. The Hall–Kier alpha value is -1.07. The summed E-state index contributed by atoms with van der Waals surface area (Å²) in [5.74, 6) is 0.916. The fraction of sp³-hybridized carbons (Fsp3) is 0.533. The number of benzene rings is 1. The summed E-state index contributed by atoms with van der Waals surface area (Å²) < 4.78 is 6.67. The molecule has 0 saturated carbocycles. The molecule has 1 amide bonds. The van der Waals surface area contributed by atoms with E-state index in [1.54, 1.807) is 0 Å². The van der Waals surface area contributed by atoms with Crippen molar-refractivity contribution in [1.29, 1.82) is 0 Å².